The highest BCUT2D eigenvalue weighted by Crippen LogP contribution is 2.22. The highest BCUT2D eigenvalue weighted by atomic mass is 35.5. The minimum Gasteiger partial charge on any atom is -0.491 e. The second-order valence-corrected chi connectivity index (χ2v) is 5.34. The van der Waals surface area contributed by atoms with Crippen molar-refractivity contribution in [2.75, 3.05) is 39.3 Å². The number of halogens is 1. The van der Waals surface area contributed by atoms with Gasteiger partial charge < -0.3 is 15.4 Å². The van der Waals surface area contributed by atoms with E-state index in [1.807, 2.05) is 25.1 Å². The van der Waals surface area contributed by atoms with Crippen molar-refractivity contribution in [1.82, 2.24) is 15.5 Å². The van der Waals surface area contributed by atoms with E-state index < -0.39 is 0 Å². The Kier molecular flexibility index (Phi) is 6.29. The van der Waals surface area contributed by atoms with Crippen LogP contribution in [-0.2, 0) is 4.79 Å². The third kappa shape index (κ3) is 4.59. The Morgan fingerprint density at radius 3 is 3.10 bits per heavy atom. The molecule has 2 rings (SSSR count). The molecule has 1 aromatic carbocycles. The molecule has 1 atom stereocenters. The summed E-state index contributed by atoms with van der Waals surface area (Å²) < 4.78 is 5.70. The van der Waals surface area contributed by atoms with Crippen molar-refractivity contribution in [2.24, 2.45) is 0 Å². The number of carbonyl (C=O) groups is 1. The molecule has 0 saturated carbocycles. The van der Waals surface area contributed by atoms with Crippen molar-refractivity contribution in [3.05, 3.63) is 29.3 Å². The Balaban J connectivity index is 1.85. The smallest absolute Gasteiger partial charge is 0.238 e. The van der Waals surface area contributed by atoms with Gasteiger partial charge in [0.05, 0.1) is 5.02 Å². The second kappa shape index (κ2) is 8.22. The zero-order valence-electron chi connectivity index (χ0n) is 12.3. The van der Waals surface area contributed by atoms with Gasteiger partial charge in [0.25, 0.3) is 0 Å². The van der Waals surface area contributed by atoms with E-state index >= 15 is 0 Å². The first-order valence-corrected chi connectivity index (χ1v) is 7.70. The summed E-state index contributed by atoms with van der Waals surface area (Å²) in [5.41, 5.74) is 0. The third-order valence-corrected chi connectivity index (χ3v) is 3.79. The molecule has 1 heterocycles. The van der Waals surface area contributed by atoms with E-state index in [1.54, 1.807) is 6.07 Å². The minimum atomic E-state index is -0.131. The quantitative estimate of drug-likeness (QED) is 0.827. The highest BCUT2D eigenvalue weighted by molar-refractivity contribution is 6.32. The lowest BCUT2D eigenvalue weighted by Gasteiger charge is -2.34. The van der Waals surface area contributed by atoms with Crippen molar-refractivity contribution in [2.45, 2.75) is 13.0 Å². The number of piperazine rings is 1. The van der Waals surface area contributed by atoms with Crippen LogP contribution in [0.5, 0.6) is 5.75 Å². The van der Waals surface area contributed by atoms with Gasteiger partial charge in [0.15, 0.2) is 0 Å². The van der Waals surface area contributed by atoms with E-state index in [4.69, 9.17) is 16.3 Å². The molecule has 0 spiro atoms. The Labute approximate surface area is 130 Å². The van der Waals surface area contributed by atoms with Crippen molar-refractivity contribution in [3.63, 3.8) is 0 Å². The number of hydrogen-bond acceptors (Lipinski definition) is 4. The summed E-state index contributed by atoms with van der Waals surface area (Å²) in [4.78, 5) is 14.2. The standard InChI is InChI=1S/C15H22ClN3O2/c1-2-18-15(20)13-11-17-7-8-19(13)9-10-21-14-6-4-3-5-12(14)16/h3-6,13,17H,2,7-11H2,1H3,(H,18,20). The summed E-state index contributed by atoms with van der Waals surface area (Å²) in [7, 11) is 0. The molecular weight excluding hydrogens is 290 g/mol. The van der Waals surface area contributed by atoms with Crippen molar-refractivity contribution >= 4 is 17.5 Å². The maximum Gasteiger partial charge on any atom is 0.238 e. The molecule has 1 amide bonds. The van der Waals surface area contributed by atoms with Gasteiger partial charge in [0, 0.05) is 32.7 Å². The van der Waals surface area contributed by atoms with Crippen molar-refractivity contribution < 1.29 is 9.53 Å². The number of likely N-dealkylation sites (N-methyl/N-ethyl adjacent to an activating group) is 1. The monoisotopic (exact) mass is 311 g/mol. The molecule has 0 aliphatic carbocycles. The van der Waals surface area contributed by atoms with Gasteiger partial charge in [-0.25, -0.2) is 0 Å². The zero-order valence-corrected chi connectivity index (χ0v) is 13.0. The molecular formula is C15H22ClN3O2. The molecule has 1 fully saturated rings. The number of ether oxygens (including phenoxy) is 1. The second-order valence-electron chi connectivity index (χ2n) is 4.93. The van der Waals surface area contributed by atoms with Crippen LogP contribution in [0.15, 0.2) is 24.3 Å². The van der Waals surface area contributed by atoms with Gasteiger partial charge in [-0.2, -0.15) is 0 Å². The van der Waals surface area contributed by atoms with Gasteiger partial charge in [0.2, 0.25) is 5.91 Å². The van der Waals surface area contributed by atoms with Gasteiger partial charge >= 0.3 is 0 Å². The van der Waals surface area contributed by atoms with Crippen LogP contribution >= 0.6 is 11.6 Å². The summed E-state index contributed by atoms with van der Waals surface area (Å²) in [5.74, 6) is 0.756. The number of benzene rings is 1. The first kappa shape index (κ1) is 16.1. The summed E-state index contributed by atoms with van der Waals surface area (Å²) >= 11 is 6.05. The predicted molar refractivity (Wildman–Crippen MR) is 83.9 cm³/mol. The van der Waals surface area contributed by atoms with E-state index in [0.717, 1.165) is 13.1 Å². The first-order valence-electron chi connectivity index (χ1n) is 7.32. The molecule has 2 N–H and O–H groups in total. The summed E-state index contributed by atoms with van der Waals surface area (Å²) in [6.07, 6.45) is 0. The van der Waals surface area contributed by atoms with E-state index in [2.05, 4.69) is 15.5 Å². The molecule has 0 radical (unpaired) electrons. The molecule has 1 saturated heterocycles. The predicted octanol–water partition coefficient (Wildman–Crippen LogP) is 1.13. The lowest BCUT2D eigenvalue weighted by atomic mass is 10.2. The molecule has 1 unspecified atom stereocenters. The van der Waals surface area contributed by atoms with Gasteiger partial charge in [-0.05, 0) is 19.1 Å². The maximum atomic E-state index is 12.0. The van der Waals surface area contributed by atoms with E-state index in [-0.39, 0.29) is 11.9 Å². The van der Waals surface area contributed by atoms with Crippen LogP contribution in [-0.4, -0.2) is 56.2 Å². The average Bonchev–Trinajstić information content (AvgIpc) is 2.50. The SMILES string of the molecule is CCNC(=O)C1CNCCN1CCOc1ccccc1Cl. The van der Waals surface area contributed by atoms with Gasteiger partial charge in [0.1, 0.15) is 18.4 Å². The van der Waals surface area contributed by atoms with Crippen LogP contribution in [0.2, 0.25) is 5.02 Å². The van der Waals surface area contributed by atoms with Crippen molar-refractivity contribution in [1.29, 1.82) is 0 Å². The minimum absolute atomic E-state index is 0.0717. The summed E-state index contributed by atoms with van der Waals surface area (Å²) in [6.45, 7) is 6.21. The molecule has 6 heteroatoms. The topological polar surface area (TPSA) is 53.6 Å². The molecule has 5 nitrogen and oxygen atoms in total. The number of para-hydroxylation sites is 1. The molecule has 1 aromatic rings. The van der Waals surface area contributed by atoms with E-state index in [9.17, 15) is 4.79 Å². The zero-order chi connectivity index (χ0) is 15.1. The molecule has 0 bridgehead atoms. The van der Waals surface area contributed by atoms with Crippen LogP contribution in [0, 0.1) is 0 Å². The van der Waals surface area contributed by atoms with Crippen LogP contribution in [0.3, 0.4) is 0 Å². The Morgan fingerprint density at radius 2 is 2.33 bits per heavy atom. The largest absolute Gasteiger partial charge is 0.491 e. The Bertz CT molecular complexity index is 470. The third-order valence-electron chi connectivity index (χ3n) is 3.48. The summed E-state index contributed by atoms with van der Waals surface area (Å²) in [5, 5.41) is 6.75. The Morgan fingerprint density at radius 1 is 1.52 bits per heavy atom. The van der Waals surface area contributed by atoms with Crippen LogP contribution in [0.25, 0.3) is 0 Å². The first-order chi connectivity index (χ1) is 10.2. The van der Waals surface area contributed by atoms with Crippen molar-refractivity contribution in [3.8, 4) is 5.75 Å². The van der Waals surface area contributed by atoms with Crippen LogP contribution < -0.4 is 15.4 Å². The molecule has 21 heavy (non-hydrogen) atoms. The lowest BCUT2D eigenvalue weighted by molar-refractivity contribution is -0.127. The number of rotatable bonds is 6. The molecule has 0 aromatic heterocycles. The number of amides is 1. The Hall–Kier alpha value is -1.30. The normalized spacial score (nSPS) is 19.2. The lowest BCUT2D eigenvalue weighted by Crippen LogP contribution is -2.58. The number of carbonyl (C=O) groups excluding carboxylic acids is 1. The summed E-state index contributed by atoms with van der Waals surface area (Å²) in [6, 6.07) is 7.29. The number of hydrogen-bond donors (Lipinski definition) is 2. The highest BCUT2D eigenvalue weighted by Gasteiger charge is 2.27. The van der Waals surface area contributed by atoms with Gasteiger partial charge in [-0.1, -0.05) is 23.7 Å². The fraction of sp³-hybridized carbons (Fsp3) is 0.533. The number of nitrogens with zero attached hydrogens (tertiary/aromatic N) is 1. The van der Waals surface area contributed by atoms with Gasteiger partial charge in [-0.15, -0.1) is 0 Å². The van der Waals surface area contributed by atoms with Gasteiger partial charge in [-0.3, -0.25) is 9.69 Å². The van der Waals surface area contributed by atoms with Crippen LogP contribution in [0.1, 0.15) is 6.92 Å². The fourth-order valence-electron chi connectivity index (χ4n) is 2.40. The van der Waals surface area contributed by atoms with E-state index in [1.165, 1.54) is 0 Å². The maximum absolute atomic E-state index is 12.0. The molecule has 116 valence electrons. The molecule has 1 aliphatic heterocycles. The average molecular weight is 312 g/mol. The van der Waals surface area contributed by atoms with Crippen LogP contribution in [0.4, 0.5) is 0 Å². The molecule has 1 aliphatic rings. The fourth-order valence-corrected chi connectivity index (χ4v) is 2.59. The van der Waals surface area contributed by atoms with E-state index in [0.29, 0.717) is 37.0 Å². The number of nitrogens with one attached hydrogen (secondary N) is 2.